The fourth-order valence-corrected chi connectivity index (χ4v) is 2.28. The molecule has 0 fully saturated rings. The van der Waals surface area contributed by atoms with E-state index < -0.39 is 0 Å². The minimum Gasteiger partial charge on any atom is -0.392 e. The molecule has 0 saturated heterocycles. The van der Waals surface area contributed by atoms with Crippen molar-refractivity contribution in [2.45, 2.75) is 45.8 Å². The van der Waals surface area contributed by atoms with E-state index in [0.29, 0.717) is 0 Å². The van der Waals surface area contributed by atoms with Gasteiger partial charge in [0.05, 0.1) is 6.10 Å². The Morgan fingerprint density at radius 3 is 2.74 bits per heavy atom. The van der Waals surface area contributed by atoms with Crippen molar-refractivity contribution in [2.75, 3.05) is 13.1 Å². The lowest BCUT2D eigenvalue weighted by molar-refractivity contribution is 0.102. The summed E-state index contributed by atoms with van der Waals surface area (Å²) in [4.78, 5) is 2.34. The summed E-state index contributed by atoms with van der Waals surface area (Å²) in [5.74, 6) is 0. The molecule has 1 atom stereocenters. The molecule has 0 heterocycles. The quantitative estimate of drug-likeness (QED) is 0.687. The molecule has 106 valence electrons. The van der Waals surface area contributed by atoms with Gasteiger partial charge in [-0.05, 0) is 43.9 Å². The van der Waals surface area contributed by atoms with Gasteiger partial charge in [-0.2, -0.15) is 0 Å². The molecular weight excluding hydrogens is 234 g/mol. The first-order valence-electron chi connectivity index (χ1n) is 7.23. The summed E-state index contributed by atoms with van der Waals surface area (Å²) in [6.45, 7) is 10.7. The molecule has 0 saturated carbocycles. The SMILES string of the molecule is C=CCCC(O)CN(CCC)Cc1ccccc1C. The molecule has 0 aliphatic heterocycles. The summed E-state index contributed by atoms with van der Waals surface area (Å²) in [5.41, 5.74) is 2.68. The van der Waals surface area contributed by atoms with Gasteiger partial charge >= 0.3 is 0 Å². The predicted octanol–water partition coefficient (Wildman–Crippen LogP) is 3.53. The number of hydrogen-bond acceptors (Lipinski definition) is 2. The molecule has 1 rings (SSSR count). The fourth-order valence-electron chi connectivity index (χ4n) is 2.28. The Morgan fingerprint density at radius 1 is 1.37 bits per heavy atom. The Morgan fingerprint density at radius 2 is 2.11 bits per heavy atom. The topological polar surface area (TPSA) is 23.5 Å². The van der Waals surface area contributed by atoms with E-state index in [0.717, 1.165) is 38.9 Å². The molecule has 2 nitrogen and oxygen atoms in total. The Labute approximate surface area is 117 Å². The number of aliphatic hydroxyl groups is 1. The van der Waals surface area contributed by atoms with Gasteiger partial charge in [-0.3, -0.25) is 4.90 Å². The molecular formula is C17H27NO. The molecule has 0 aliphatic rings. The summed E-state index contributed by atoms with van der Waals surface area (Å²) < 4.78 is 0. The zero-order chi connectivity index (χ0) is 14.1. The molecule has 0 radical (unpaired) electrons. The Balaban J connectivity index is 2.57. The number of allylic oxidation sites excluding steroid dienone is 1. The number of benzene rings is 1. The van der Waals surface area contributed by atoms with E-state index in [2.05, 4.69) is 49.6 Å². The normalized spacial score (nSPS) is 12.6. The van der Waals surface area contributed by atoms with Gasteiger partial charge in [0.15, 0.2) is 0 Å². The number of nitrogens with zero attached hydrogens (tertiary/aromatic N) is 1. The van der Waals surface area contributed by atoms with Crippen molar-refractivity contribution in [2.24, 2.45) is 0 Å². The molecule has 0 bridgehead atoms. The lowest BCUT2D eigenvalue weighted by Crippen LogP contribution is -2.32. The van der Waals surface area contributed by atoms with E-state index in [1.165, 1.54) is 11.1 Å². The highest BCUT2D eigenvalue weighted by Gasteiger charge is 2.11. The molecule has 1 unspecified atom stereocenters. The molecule has 1 N–H and O–H groups in total. The van der Waals surface area contributed by atoms with Crippen LogP contribution in [0.3, 0.4) is 0 Å². The van der Waals surface area contributed by atoms with E-state index in [1.54, 1.807) is 0 Å². The molecule has 0 amide bonds. The van der Waals surface area contributed by atoms with Crippen LogP contribution in [0.2, 0.25) is 0 Å². The van der Waals surface area contributed by atoms with Crippen molar-refractivity contribution < 1.29 is 5.11 Å². The summed E-state index contributed by atoms with van der Waals surface area (Å²) in [6.07, 6.45) is 4.41. The molecule has 2 heteroatoms. The van der Waals surface area contributed by atoms with Gasteiger partial charge in [0.1, 0.15) is 0 Å². The van der Waals surface area contributed by atoms with Crippen LogP contribution in [0.15, 0.2) is 36.9 Å². The van der Waals surface area contributed by atoms with Gasteiger partial charge in [-0.1, -0.05) is 37.3 Å². The fraction of sp³-hybridized carbons (Fsp3) is 0.529. The predicted molar refractivity (Wildman–Crippen MR) is 82.2 cm³/mol. The molecule has 0 spiro atoms. The summed E-state index contributed by atoms with van der Waals surface area (Å²) in [7, 11) is 0. The van der Waals surface area contributed by atoms with Crippen molar-refractivity contribution in [1.29, 1.82) is 0 Å². The van der Waals surface area contributed by atoms with Crippen LogP contribution in [0.5, 0.6) is 0 Å². The number of aryl methyl sites for hydroxylation is 1. The minimum atomic E-state index is -0.256. The standard InChI is InChI=1S/C17H27NO/c1-4-6-11-17(19)14-18(12-5-2)13-16-10-8-7-9-15(16)3/h4,7-10,17,19H,1,5-6,11-14H2,2-3H3. The smallest absolute Gasteiger partial charge is 0.0670 e. The zero-order valence-corrected chi connectivity index (χ0v) is 12.3. The van der Waals surface area contributed by atoms with Gasteiger partial charge in [0.2, 0.25) is 0 Å². The van der Waals surface area contributed by atoms with Gasteiger partial charge in [-0.25, -0.2) is 0 Å². The number of aliphatic hydroxyl groups excluding tert-OH is 1. The molecule has 1 aromatic carbocycles. The molecule has 0 aliphatic carbocycles. The Hall–Kier alpha value is -1.12. The highest BCUT2D eigenvalue weighted by Crippen LogP contribution is 2.12. The second-order valence-electron chi connectivity index (χ2n) is 5.18. The van der Waals surface area contributed by atoms with Crippen molar-refractivity contribution in [3.05, 3.63) is 48.0 Å². The number of rotatable bonds is 9. The zero-order valence-electron chi connectivity index (χ0n) is 12.3. The average Bonchev–Trinajstić information content (AvgIpc) is 2.39. The number of hydrogen-bond donors (Lipinski definition) is 1. The van der Waals surface area contributed by atoms with Crippen LogP contribution in [0.25, 0.3) is 0 Å². The monoisotopic (exact) mass is 261 g/mol. The van der Waals surface area contributed by atoms with Crippen molar-refractivity contribution in [3.63, 3.8) is 0 Å². The van der Waals surface area contributed by atoms with E-state index >= 15 is 0 Å². The first-order valence-corrected chi connectivity index (χ1v) is 7.23. The van der Waals surface area contributed by atoms with Crippen LogP contribution in [-0.2, 0) is 6.54 Å². The third-order valence-electron chi connectivity index (χ3n) is 3.37. The maximum atomic E-state index is 10.0. The van der Waals surface area contributed by atoms with Gasteiger partial charge in [0.25, 0.3) is 0 Å². The third kappa shape index (κ3) is 6.04. The van der Waals surface area contributed by atoms with E-state index in [9.17, 15) is 5.11 Å². The van der Waals surface area contributed by atoms with Gasteiger partial charge < -0.3 is 5.11 Å². The van der Waals surface area contributed by atoms with E-state index in [1.807, 2.05) is 6.08 Å². The highest BCUT2D eigenvalue weighted by atomic mass is 16.3. The first kappa shape index (κ1) is 15.9. The van der Waals surface area contributed by atoms with Crippen LogP contribution in [0.1, 0.15) is 37.3 Å². The van der Waals surface area contributed by atoms with Gasteiger partial charge in [-0.15, -0.1) is 6.58 Å². The van der Waals surface area contributed by atoms with Crippen LogP contribution >= 0.6 is 0 Å². The third-order valence-corrected chi connectivity index (χ3v) is 3.37. The Kier molecular flexibility index (Phi) is 7.46. The van der Waals surface area contributed by atoms with E-state index in [4.69, 9.17) is 0 Å². The maximum Gasteiger partial charge on any atom is 0.0670 e. The van der Waals surface area contributed by atoms with Gasteiger partial charge in [0, 0.05) is 13.1 Å². The van der Waals surface area contributed by atoms with Crippen molar-refractivity contribution in [3.8, 4) is 0 Å². The summed E-state index contributed by atoms with van der Waals surface area (Å²) in [6, 6.07) is 8.48. The van der Waals surface area contributed by atoms with Crippen molar-refractivity contribution in [1.82, 2.24) is 4.90 Å². The summed E-state index contributed by atoms with van der Waals surface area (Å²) in [5, 5.41) is 10.0. The first-order chi connectivity index (χ1) is 9.17. The second kappa shape index (κ2) is 8.89. The molecule has 0 aromatic heterocycles. The highest BCUT2D eigenvalue weighted by molar-refractivity contribution is 5.25. The van der Waals surface area contributed by atoms with Crippen LogP contribution in [0.4, 0.5) is 0 Å². The molecule has 1 aromatic rings. The largest absolute Gasteiger partial charge is 0.392 e. The molecule has 19 heavy (non-hydrogen) atoms. The average molecular weight is 261 g/mol. The van der Waals surface area contributed by atoms with Crippen LogP contribution in [0, 0.1) is 6.92 Å². The lowest BCUT2D eigenvalue weighted by Gasteiger charge is -2.25. The Bertz CT molecular complexity index is 375. The lowest BCUT2D eigenvalue weighted by atomic mass is 10.1. The van der Waals surface area contributed by atoms with Crippen LogP contribution in [-0.4, -0.2) is 29.2 Å². The summed E-state index contributed by atoms with van der Waals surface area (Å²) >= 11 is 0. The van der Waals surface area contributed by atoms with Crippen molar-refractivity contribution >= 4 is 0 Å². The maximum absolute atomic E-state index is 10.0. The van der Waals surface area contributed by atoms with E-state index in [-0.39, 0.29) is 6.10 Å². The van der Waals surface area contributed by atoms with Crippen LogP contribution < -0.4 is 0 Å². The minimum absolute atomic E-state index is 0.256. The second-order valence-corrected chi connectivity index (χ2v) is 5.18.